The predicted octanol–water partition coefficient (Wildman–Crippen LogP) is 2.88. The Balaban J connectivity index is 1.83. The van der Waals surface area contributed by atoms with Crippen LogP contribution >= 0.6 is 0 Å². The van der Waals surface area contributed by atoms with Crippen LogP contribution in [0.5, 0.6) is 0 Å². The molecule has 4 rings (SSSR count). The number of sulfonamides is 1. The molecule has 0 fully saturated rings. The number of aryl methyl sites for hydroxylation is 1. The van der Waals surface area contributed by atoms with Crippen molar-refractivity contribution in [3.8, 4) is 0 Å². The third-order valence-electron chi connectivity index (χ3n) is 6.81. The van der Waals surface area contributed by atoms with E-state index >= 15 is 0 Å². The maximum atomic E-state index is 13.7. The molecule has 3 aromatic carbocycles. The Morgan fingerprint density at radius 3 is 1.84 bits per heavy atom. The van der Waals surface area contributed by atoms with E-state index in [9.17, 15) is 18.0 Å². The Labute approximate surface area is 225 Å². The number of nitrogens with zero attached hydrogens (tertiary/aromatic N) is 1. The molecule has 0 aliphatic carbocycles. The second kappa shape index (κ2) is 10.3. The van der Waals surface area contributed by atoms with Crippen molar-refractivity contribution in [2.75, 3.05) is 6.61 Å². The largest absolute Gasteiger partial charge is 0.405 e. The number of carbonyl (C=O) groups excluding carboxylic acids is 2. The maximum absolute atomic E-state index is 13.7. The van der Waals surface area contributed by atoms with E-state index in [-0.39, 0.29) is 11.5 Å². The van der Waals surface area contributed by atoms with Crippen LogP contribution in [0.1, 0.15) is 26.3 Å². The first-order valence-electron chi connectivity index (χ1n) is 12.3. The number of benzene rings is 3. The Hall–Kier alpha value is -3.53. The number of hydrogen-bond donors (Lipinski definition) is 1. The number of ketones is 1. The minimum atomic E-state index is -4.40. The minimum absolute atomic E-state index is 0.102. The summed E-state index contributed by atoms with van der Waals surface area (Å²) in [6, 6.07) is 24.3. The third-order valence-corrected chi connectivity index (χ3v) is 13.6. The highest BCUT2D eigenvalue weighted by Gasteiger charge is 2.52. The van der Waals surface area contributed by atoms with Gasteiger partial charge in [0, 0.05) is 6.08 Å². The molecule has 1 amide bonds. The molecule has 1 heterocycles. The van der Waals surface area contributed by atoms with Gasteiger partial charge in [-0.15, -0.1) is 0 Å². The molecular weight excluding hydrogens is 516 g/mol. The van der Waals surface area contributed by atoms with Gasteiger partial charge in [0.15, 0.2) is 5.78 Å². The van der Waals surface area contributed by atoms with Crippen LogP contribution in [0.2, 0.25) is 5.04 Å². The number of rotatable bonds is 7. The Morgan fingerprint density at radius 2 is 1.37 bits per heavy atom. The molecule has 2 N–H and O–H groups in total. The molecule has 9 heteroatoms. The van der Waals surface area contributed by atoms with Gasteiger partial charge in [0.2, 0.25) is 0 Å². The van der Waals surface area contributed by atoms with Crippen molar-refractivity contribution in [2.24, 2.45) is 5.73 Å². The summed E-state index contributed by atoms with van der Waals surface area (Å²) in [5.74, 6) is -1.54. The molecule has 0 saturated heterocycles. The lowest BCUT2D eigenvalue weighted by Gasteiger charge is -2.44. The number of nitrogens with two attached hydrogens (primary N) is 1. The van der Waals surface area contributed by atoms with E-state index in [0.29, 0.717) is 4.31 Å². The quantitative estimate of drug-likeness (QED) is 0.455. The summed E-state index contributed by atoms with van der Waals surface area (Å²) < 4.78 is 34.8. The zero-order valence-corrected chi connectivity index (χ0v) is 23.7. The van der Waals surface area contributed by atoms with E-state index in [1.807, 2.05) is 67.6 Å². The first-order valence-corrected chi connectivity index (χ1v) is 15.7. The van der Waals surface area contributed by atoms with Crippen LogP contribution < -0.4 is 16.1 Å². The Kier molecular flexibility index (Phi) is 7.47. The van der Waals surface area contributed by atoms with Crippen molar-refractivity contribution in [1.82, 2.24) is 4.31 Å². The molecule has 1 aliphatic heterocycles. The fraction of sp³-hybridized carbons (Fsp3) is 0.241. The average molecular weight is 549 g/mol. The molecule has 38 heavy (non-hydrogen) atoms. The Morgan fingerprint density at radius 1 is 0.868 bits per heavy atom. The van der Waals surface area contributed by atoms with Crippen LogP contribution in [0.25, 0.3) is 0 Å². The molecule has 7 nitrogen and oxygen atoms in total. The molecule has 0 saturated carbocycles. The molecule has 0 aromatic heterocycles. The number of amides is 1. The molecule has 1 unspecified atom stereocenters. The topological polar surface area (TPSA) is 107 Å². The van der Waals surface area contributed by atoms with Crippen LogP contribution in [0.4, 0.5) is 0 Å². The third kappa shape index (κ3) is 4.84. The van der Waals surface area contributed by atoms with Gasteiger partial charge in [-0.1, -0.05) is 99.1 Å². The van der Waals surface area contributed by atoms with E-state index in [1.165, 1.54) is 12.1 Å². The Bertz CT molecular complexity index is 1430. The van der Waals surface area contributed by atoms with Gasteiger partial charge < -0.3 is 10.2 Å². The van der Waals surface area contributed by atoms with Gasteiger partial charge in [0.05, 0.1) is 11.5 Å². The van der Waals surface area contributed by atoms with Crippen molar-refractivity contribution in [3.05, 3.63) is 102 Å². The van der Waals surface area contributed by atoms with Crippen LogP contribution in [0, 0.1) is 6.92 Å². The van der Waals surface area contributed by atoms with Gasteiger partial charge >= 0.3 is 0 Å². The standard InChI is InChI=1S/C29H32N2O5SSi/c1-21-15-17-22(18-16-21)37(34,35)31-26(27(32)19-25(30)28(31)33)20-36-38(29(2,3)4,23-11-7-5-8-12-23)24-13-9-6-10-14-24/h5-19,26H,20,30H2,1-4H3. The van der Waals surface area contributed by atoms with Gasteiger partial charge in [0.25, 0.3) is 24.2 Å². The summed E-state index contributed by atoms with van der Waals surface area (Å²) in [6.45, 7) is 7.74. The van der Waals surface area contributed by atoms with Gasteiger partial charge in [-0.2, -0.15) is 0 Å². The fourth-order valence-electron chi connectivity index (χ4n) is 4.91. The molecule has 0 radical (unpaired) electrons. The molecule has 0 spiro atoms. The monoisotopic (exact) mass is 548 g/mol. The molecule has 1 aliphatic rings. The predicted molar refractivity (Wildman–Crippen MR) is 150 cm³/mol. The van der Waals surface area contributed by atoms with Crippen molar-refractivity contribution < 1.29 is 22.4 Å². The van der Waals surface area contributed by atoms with Crippen LogP contribution in [-0.2, 0) is 24.0 Å². The number of carbonyl (C=O) groups is 2. The second-order valence-electron chi connectivity index (χ2n) is 10.4. The first-order chi connectivity index (χ1) is 17.9. The van der Waals surface area contributed by atoms with Gasteiger partial charge in [0.1, 0.15) is 11.7 Å². The van der Waals surface area contributed by atoms with Crippen molar-refractivity contribution in [3.63, 3.8) is 0 Å². The normalized spacial score (nSPS) is 16.9. The van der Waals surface area contributed by atoms with Gasteiger partial charge in [-0.25, -0.2) is 12.7 Å². The second-order valence-corrected chi connectivity index (χ2v) is 16.5. The van der Waals surface area contributed by atoms with Gasteiger partial charge in [-0.3, -0.25) is 9.59 Å². The van der Waals surface area contributed by atoms with Crippen LogP contribution in [-0.4, -0.2) is 45.4 Å². The summed E-state index contributed by atoms with van der Waals surface area (Å²) in [5.41, 5.74) is 6.24. The molecule has 0 bridgehead atoms. The molecule has 3 aromatic rings. The summed E-state index contributed by atoms with van der Waals surface area (Å²) >= 11 is 0. The fourth-order valence-corrected chi connectivity index (χ4v) is 11.0. The summed E-state index contributed by atoms with van der Waals surface area (Å²) in [4.78, 5) is 26.3. The van der Waals surface area contributed by atoms with E-state index in [2.05, 4.69) is 20.8 Å². The van der Waals surface area contributed by atoms with E-state index in [0.717, 1.165) is 22.0 Å². The lowest BCUT2D eigenvalue weighted by Crippen LogP contribution is -2.68. The van der Waals surface area contributed by atoms with Crippen molar-refractivity contribution in [1.29, 1.82) is 0 Å². The highest BCUT2D eigenvalue weighted by molar-refractivity contribution is 7.89. The van der Waals surface area contributed by atoms with Crippen molar-refractivity contribution in [2.45, 2.75) is 43.7 Å². The highest BCUT2D eigenvalue weighted by Crippen LogP contribution is 2.37. The summed E-state index contributed by atoms with van der Waals surface area (Å²) in [6.07, 6.45) is 1.00. The zero-order valence-electron chi connectivity index (χ0n) is 21.9. The molecular formula is C29H32N2O5SSi. The average Bonchev–Trinajstić information content (AvgIpc) is 2.88. The first kappa shape index (κ1) is 27.5. The highest BCUT2D eigenvalue weighted by atomic mass is 32.2. The molecule has 198 valence electrons. The SMILES string of the molecule is Cc1ccc(S(=O)(=O)N2C(=O)C(N)=CC(=O)C2CO[Si](c2ccccc2)(c2ccccc2)C(C)(C)C)cc1. The lowest BCUT2D eigenvalue weighted by atomic mass is 10.1. The smallest absolute Gasteiger partial charge is 0.284 e. The summed E-state index contributed by atoms with van der Waals surface area (Å²) in [7, 11) is -7.51. The minimum Gasteiger partial charge on any atom is -0.405 e. The number of hydrogen-bond acceptors (Lipinski definition) is 6. The van der Waals surface area contributed by atoms with Crippen LogP contribution in [0.15, 0.2) is 102 Å². The van der Waals surface area contributed by atoms with E-state index in [4.69, 9.17) is 10.2 Å². The maximum Gasteiger partial charge on any atom is 0.284 e. The van der Waals surface area contributed by atoms with Gasteiger partial charge in [-0.05, 0) is 34.5 Å². The lowest BCUT2D eigenvalue weighted by molar-refractivity contribution is -0.132. The van der Waals surface area contributed by atoms with Crippen LogP contribution in [0.3, 0.4) is 0 Å². The molecule has 1 atom stereocenters. The van der Waals surface area contributed by atoms with Crippen molar-refractivity contribution >= 4 is 40.4 Å². The van der Waals surface area contributed by atoms with E-state index < -0.39 is 46.8 Å². The van der Waals surface area contributed by atoms with E-state index in [1.54, 1.807) is 12.1 Å². The zero-order chi connectivity index (χ0) is 27.7. The summed E-state index contributed by atoms with van der Waals surface area (Å²) in [5, 5.41) is 1.53.